The quantitative estimate of drug-likeness (QED) is 0.421. The SMILES string of the molecule is CC(C)C[C@H](CO)Nc1nc(NS(C)(=O)=O)nc(SCC(F)(F)c2ccc(F)cc2)n1. The molecule has 0 bridgehead atoms. The van der Waals surface area contributed by atoms with Crippen molar-refractivity contribution < 1.29 is 26.7 Å². The molecular formula is C18H24F3N5O3S2. The zero-order valence-corrected chi connectivity index (χ0v) is 18.8. The molecule has 0 saturated heterocycles. The minimum atomic E-state index is -3.73. The smallest absolute Gasteiger partial charge is 0.282 e. The van der Waals surface area contributed by atoms with E-state index in [2.05, 4.69) is 25.0 Å². The van der Waals surface area contributed by atoms with E-state index in [0.717, 1.165) is 30.5 Å². The molecule has 0 unspecified atom stereocenters. The predicted molar refractivity (Wildman–Crippen MR) is 113 cm³/mol. The van der Waals surface area contributed by atoms with Crippen LogP contribution in [0, 0.1) is 11.7 Å². The highest BCUT2D eigenvalue weighted by molar-refractivity contribution is 7.99. The molecule has 8 nitrogen and oxygen atoms in total. The van der Waals surface area contributed by atoms with Crippen molar-refractivity contribution in [2.75, 3.05) is 28.7 Å². The summed E-state index contributed by atoms with van der Waals surface area (Å²) in [5.41, 5.74) is -0.374. The Morgan fingerprint density at radius 1 is 1.13 bits per heavy atom. The summed E-state index contributed by atoms with van der Waals surface area (Å²) in [6.45, 7) is 3.67. The summed E-state index contributed by atoms with van der Waals surface area (Å²) in [5.74, 6) is -4.87. The number of thioether (sulfide) groups is 1. The van der Waals surface area contributed by atoms with Gasteiger partial charge in [0.05, 0.1) is 24.7 Å². The molecule has 0 fully saturated rings. The lowest BCUT2D eigenvalue weighted by Crippen LogP contribution is -2.27. The lowest BCUT2D eigenvalue weighted by molar-refractivity contribution is 0.0230. The molecule has 0 spiro atoms. The highest BCUT2D eigenvalue weighted by atomic mass is 32.2. The molecular weight excluding hydrogens is 455 g/mol. The van der Waals surface area contributed by atoms with Gasteiger partial charge in [-0.15, -0.1) is 0 Å². The molecule has 13 heteroatoms. The number of sulfonamides is 1. The van der Waals surface area contributed by atoms with E-state index in [0.29, 0.717) is 18.2 Å². The van der Waals surface area contributed by atoms with Crippen molar-refractivity contribution in [1.29, 1.82) is 0 Å². The number of nitrogens with zero attached hydrogens (tertiary/aromatic N) is 3. The number of hydrogen-bond acceptors (Lipinski definition) is 8. The van der Waals surface area contributed by atoms with Gasteiger partial charge in [0, 0.05) is 5.56 Å². The van der Waals surface area contributed by atoms with Gasteiger partial charge in [-0.3, -0.25) is 4.72 Å². The molecule has 1 heterocycles. The molecule has 0 aliphatic rings. The van der Waals surface area contributed by atoms with E-state index in [1.54, 1.807) is 0 Å². The first-order valence-corrected chi connectivity index (χ1v) is 12.1. The van der Waals surface area contributed by atoms with E-state index in [9.17, 15) is 26.7 Å². The second kappa shape index (κ2) is 10.5. The average Bonchev–Trinajstić information content (AvgIpc) is 2.64. The van der Waals surface area contributed by atoms with Gasteiger partial charge in [0.1, 0.15) is 5.82 Å². The van der Waals surface area contributed by atoms with Crippen LogP contribution in [0.5, 0.6) is 0 Å². The van der Waals surface area contributed by atoms with Gasteiger partial charge in [-0.05, 0) is 24.5 Å². The van der Waals surface area contributed by atoms with Gasteiger partial charge in [-0.25, -0.2) is 21.6 Å². The Bertz CT molecular complexity index is 976. The number of hydrogen-bond donors (Lipinski definition) is 3. The first kappa shape index (κ1) is 25.1. The standard InChI is InChI=1S/C18H24F3N5O3S2/c1-11(2)8-14(9-27)22-15-23-16(26-31(3,28)29)25-17(24-15)30-10-18(20,21)12-4-6-13(19)7-5-12/h4-7,11,14,27H,8-10H2,1-3H3,(H2,22,23,24,25,26)/t14-/m1/s1. The fourth-order valence-corrected chi connectivity index (χ4v) is 3.76. The van der Waals surface area contributed by atoms with Crippen LogP contribution in [0.3, 0.4) is 0 Å². The molecule has 1 atom stereocenters. The highest BCUT2D eigenvalue weighted by Gasteiger charge is 2.32. The molecule has 2 aromatic rings. The molecule has 3 N–H and O–H groups in total. The van der Waals surface area contributed by atoms with Gasteiger partial charge in [0.25, 0.3) is 5.92 Å². The second-order valence-electron chi connectivity index (χ2n) is 7.29. The van der Waals surface area contributed by atoms with Crippen molar-refractivity contribution in [3.05, 3.63) is 35.6 Å². The number of benzene rings is 1. The first-order chi connectivity index (χ1) is 14.4. The van der Waals surface area contributed by atoms with Crippen LogP contribution in [-0.2, 0) is 15.9 Å². The van der Waals surface area contributed by atoms with Gasteiger partial charge < -0.3 is 10.4 Å². The highest BCUT2D eigenvalue weighted by Crippen LogP contribution is 2.34. The van der Waals surface area contributed by atoms with Crippen molar-refractivity contribution in [2.45, 2.75) is 37.4 Å². The molecule has 0 aliphatic carbocycles. The maximum absolute atomic E-state index is 14.5. The summed E-state index contributed by atoms with van der Waals surface area (Å²) in [5, 5.41) is 12.3. The third-order valence-corrected chi connectivity index (χ3v) is 5.35. The van der Waals surface area contributed by atoms with Crippen molar-refractivity contribution in [3.8, 4) is 0 Å². The number of nitrogens with one attached hydrogen (secondary N) is 2. The van der Waals surface area contributed by atoms with Crippen LogP contribution in [0.25, 0.3) is 0 Å². The monoisotopic (exact) mass is 479 g/mol. The molecule has 172 valence electrons. The van der Waals surface area contributed by atoms with Crippen molar-refractivity contribution >= 4 is 33.7 Å². The summed E-state index contributed by atoms with van der Waals surface area (Å²) in [7, 11) is -3.73. The fraction of sp³-hybridized carbons (Fsp3) is 0.500. The Kier molecular flexibility index (Phi) is 8.49. The molecule has 0 radical (unpaired) electrons. The van der Waals surface area contributed by atoms with Crippen LogP contribution < -0.4 is 10.0 Å². The van der Waals surface area contributed by atoms with E-state index in [1.807, 2.05) is 13.8 Å². The summed E-state index contributed by atoms with van der Waals surface area (Å²) >= 11 is 0.586. The summed E-state index contributed by atoms with van der Waals surface area (Å²) < 4.78 is 67.2. The van der Waals surface area contributed by atoms with E-state index in [4.69, 9.17) is 0 Å². The van der Waals surface area contributed by atoms with Gasteiger partial charge in [-0.2, -0.15) is 15.0 Å². The number of alkyl halides is 2. The third kappa shape index (κ3) is 8.50. The molecule has 2 rings (SSSR count). The maximum Gasteiger partial charge on any atom is 0.282 e. The van der Waals surface area contributed by atoms with Crippen LogP contribution in [-0.4, -0.2) is 53.1 Å². The van der Waals surface area contributed by atoms with Gasteiger partial charge in [-0.1, -0.05) is 37.7 Å². The number of aromatic nitrogens is 3. The van der Waals surface area contributed by atoms with E-state index in [-0.39, 0.29) is 35.1 Å². The Balaban J connectivity index is 2.25. The zero-order chi connectivity index (χ0) is 23.2. The van der Waals surface area contributed by atoms with Crippen molar-refractivity contribution in [3.63, 3.8) is 0 Å². The molecule has 0 aliphatic heterocycles. The summed E-state index contributed by atoms with van der Waals surface area (Å²) in [4.78, 5) is 11.9. The van der Waals surface area contributed by atoms with Crippen LogP contribution in [0.1, 0.15) is 25.8 Å². The normalized spacial score (nSPS) is 13.3. The fourth-order valence-electron chi connectivity index (χ4n) is 2.56. The van der Waals surface area contributed by atoms with E-state index >= 15 is 0 Å². The minimum absolute atomic E-state index is 0.0616. The van der Waals surface area contributed by atoms with E-state index in [1.165, 1.54) is 0 Å². The third-order valence-electron chi connectivity index (χ3n) is 3.85. The van der Waals surface area contributed by atoms with Crippen LogP contribution in [0.15, 0.2) is 29.4 Å². The van der Waals surface area contributed by atoms with Gasteiger partial charge >= 0.3 is 0 Å². The Morgan fingerprint density at radius 2 is 1.74 bits per heavy atom. The summed E-state index contributed by atoms with van der Waals surface area (Å²) in [6, 6.07) is 3.44. The Hall–Kier alpha value is -2.12. The Morgan fingerprint density at radius 3 is 2.29 bits per heavy atom. The van der Waals surface area contributed by atoms with E-state index < -0.39 is 33.6 Å². The molecule has 0 saturated carbocycles. The number of aliphatic hydroxyl groups excluding tert-OH is 1. The first-order valence-electron chi connectivity index (χ1n) is 9.26. The molecule has 0 amide bonds. The summed E-state index contributed by atoms with van der Waals surface area (Å²) in [6.07, 6.45) is 1.47. The maximum atomic E-state index is 14.5. The van der Waals surface area contributed by atoms with Crippen molar-refractivity contribution in [2.24, 2.45) is 5.92 Å². The largest absolute Gasteiger partial charge is 0.394 e. The minimum Gasteiger partial charge on any atom is -0.394 e. The van der Waals surface area contributed by atoms with Crippen LogP contribution in [0.2, 0.25) is 0 Å². The van der Waals surface area contributed by atoms with Crippen molar-refractivity contribution in [1.82, 2.24) is 15.0 Å². The zero-order valence-electron chi connectivity index (χ0n) is 17.1. The average molecular weight is 480 g/mol. The van der Waals surface area contributed by atoms with Gasteiger partial charge in [0.15, 0.2) is 5.16 Å². The van der Waals surface area contributed by atoms with Gasteiger partial charge in [0.2, 0.25) is 21.9 Å². The molecule has 31 heavy (non-hydrogen) atoms. The number of aliphatic hydroxyl groups is 1. The molecule has 1 aromatic heterocycles. The lowest BCUT2D eigenvalue weighted by atomic mass is 10.0. The number of rotatable bonds is 11. The number of halogens is 3. The van der Waals surface area contributed by atoms with Crippen LogP contribution >= 0.6 is 11.8 Å². The molecule has 1 aromatic carbocycles. The lowest BCUT2D eigenvalue weighted by Gasteiger charge is -2.19. The Labute approximate surface area is 183 Å². The topological polar surface area (TPSA) is 117 Å². The predicted octanol–water partition coefficient (Wildman–Crippen LogP) is 3.09. The number of anilines is 2. The second-order valence-corrected chi connectivity index (χ2v) is 9.98. The van der Waals surface area contributed by atoms with Crippen LogP contribution in [0.4, 0.5) is 25.1 Å².